The van der Waals surface area contributed by atoms with E-state index in [9.17, 15) is 0 Å². The van der Waals surface area contributed by atoms with Gasteiger partial charge in [-0.2, -0.15) is 0 Å². The minimum absolute atomic E-state index is 0.688. The summed E-state index contributed by atoms with van der Waals surface area (Å²) in [6.45, 7) is 4.95. The molecule has 2 aliphatic rings. The first-order valence-electron chi connectivity index (χ1n) is 4.48. The first-order chi connectivity index (χ1) is 4.66. The highest BCUT2D eigenvalue weighted by Gasteiger charge is 2.51. The highest BCUT2D eigenvalue weighted by Crippen LogP contribution is 2.61. The zero-order chi connectivity index (χ0) is 7.24. The van der Waals surface area contributed by atoms with Crippen molar-refractivity contribution in [1.29, 1.82) is 0 Å². The summed E-state index contributed by atoms with van der Waals surface area (Å²) < 4.78 is 0. The largest absolute Gasteiger partial charge is 0.0591 e. The molecule has 0 spiro atoms. The SMILES string of the molecule is CC12C[CH]CC1(C)CCC2. The lowest BCUT2D eigenvalue weighted by Crippen LogP contribution is -2.25. The van der Waals surface area contributed by atoms with Crippen LogP contribution in [0.25, 0.3) is 0 Å². The molecule has 0 heteroatoms. The van der Waals surface area contributed by atoms with Crippen molar-refractivity contribution < 1.29 is 0 Å². The molecule has 10 heavy (non-hydrogen) atoms. The van der Waals surface area contributed by atoms with E-state index in [0.29, 0.717) is 10.8 Å². The molecule has 0 aliphatic heterocycles. The predicted molar refractivity (Wildman–Crippen MR) is 43.6 cm³/mol. The van der Waals surface area contributed by atoms with Crippen molar-refractivity contribution in [2.45, 2.75) is 46.0 Å². The minimum Gasteiger partial charge on any atom is -0.0591 e. The van der Waals surface area contributed by atoms with Gasteiger partial charge in [0.2, 0.25) is 0 Å². The van der Waals surface area contributed by atoms with E-state index in [1.807, 2.05) is 0 Å². The Kier molecular flexibility index (Phi) is 1.19. The topological polar surface area (TPSA) is 0 Å². The molecule has 0 saturated heterocycles. The lowest BCUT2D eigenvalue weighted by atomic mass is 9.71. The molecule has 0 nitrogen and oxygen atoms in total. The van der Waals surface area contributed by atoms with Crippen LogP contribution in [0.5, 0.6) is 0 Å². The maximum Gasteiger partial charge on any atom is -0.0269 e. The second-order valence-electron chi connectivity index (χ2n) is 4.67. The van der Waals surface area contributed by atoms with Gasteiger partial charge in [-0.15, -0.1) is 0 Å². The first-order valence-corrected chi connectivity index (χ1v) is 4.48. The fourth-order valence-electron chi connectivity index (χ4n) is 2.88. The summed E-state index contributed by atoms with van der Waals surface area (Å²) in [6.07, 6.45) is 9.67. The van der Waals surface area contributed by atoms with Gasteiger partial charge in [0.15, 0.2) is 0 Å². The smallest absolute Gasteiger partial charge is 0.0269 e. The molecule has 0 aromatic rings. The number of fused-ring (bicyclic) bond motifs is 1. The minimum atomic E-state index is 0.688. The van der Waals surface area contributed by atoms with Gasteiger partial charge in [-0.25, -0.2) is 0 Å². The Morgan fingerprint density at radius 2 is 1.50 bits per heavy atom. The third kappa shape index (κ3) is 0.627. The van der Waals surface area contributed by atoms with Crippen LogP contribution in [0.4, 0.5) is 0 Å². The molecule has 57 valence electrons. The Morgan fingerprint density at radius 1 is 1.00 bits per heavy atom. The van der Waals surface area contributed by atoms with Crippen LogP contribution in [0.1, 0.15) is 46.0 Å². The second-order valence-corrected chi connectivity index (χ2v) is 4.67. The van der Waals surface area contributed by atoms with Crippen LogP contribution in [0.2, 0.25) is 0 Å². The molecule has 2 fully saturated rings. The standard InChI is InChI=1S/C10H17/c1-9-5-3-7-10(9,2)8-4-6-9/h3H,4-8H2,1-2H3. The molecule has 2 atom stereocenters. The van der Waals surface area contributed by atoms with Crippen LogP contribution >= 0.6 is 0 Å². The number of rotatable bonds is 0. The molecule has 1 radical (unpaired) electrons. The summed E-state index contributed by atoms with van der Waals surface area (Å²) in [5, 5.41) is 0. The quantitative estimate of drug-likeness (QED) is 0.481. The van der Waals surface area contributed by atoms with Crippen LogP contribution in [-0.2, 0) is 0 Å². The van der Waals surface area contributed by atoms with Gasteiger partial charge in [0.1, 0.15) is 0 Å². The summed E-state index contributed by atoms with van der Waals surface area (Å²) in [7, 11) is 0. The van der Waals surface area contributed by atoms with E-state index < -0.39 is 0 Å². The highest BCUT2D eigenvalue weighted by molar-refractivity contribution is 5.07. The van der Waals surface area contributed by atoms with Crippen LogP contribution in [0, 0.1) is 17.3 Å². The van der Waals surface area contributed by atoms with Crippen molar-refractivity contribution in [2.24, 2.45) is 10.8 Å². The number of hydrogen-bond acceptors (Lipinski definition) is 0. The van der Waals surface area contributed by atoms with E-state index >= 15 is 0 Å². The molecular weight excluding hydrogens is 120 g/mol. The molecule has 0 aromatic heterocycles. The maximum atomic E-state index is 2.50. The zero-order valence-electron chi connectivity index (χ0n) is 7.11. The molecular formula is C10H17. The van der Waals surface area contributed by atoms with Gasteiger partial charge in [0.25, 0.3) is 0 Å². The van der Waals surface area contributed by atoms with Crippen molar-refractivity contribution >= 4 is 0 Å². The zero-order valence-corrected chi connectivity index (χ0v) is 7.11. The van der Waals surface area contributed by atoms with Gasteiger partial charge in [0.05, 0.1) is 0 Å². The fourth-order valence-corrected chi connectivity index (χ4v) is 2.88. The summed E-state index contributed by atoms with van der Waals surface area (Å²) >= 11 is 0. The van der Waals surface area contributed by atoms with Gasteiger partial charge >= 0.3 is 0 Å². The summed E-state index contributed by atoms with van der Waals surface area (Å²) in [4.78, 5) is 0. The molecule has 0 bridgehead atoms. The fraction of sp³-hybridized carbons (Fsp3) is 0.900. The van der Waals surface area contributed by atoms with Crippen LogP contribution in [0.3, 0.4) is 0 Å². The molecule has 0 amide bonds. The Labute approximate surface area is 64.0 Å². The summed E-state index contributed by atoms with van der Waals surface area (Å²) in [5.41, 5.74) is 1.38. The summed E-state index contributed by atoms with van der Waals surface area (Å²) in [5.74, 6) is 0. The molecule has 2 unspecified atom stereocenters. The molecule has 0 N–H and O–H groups in total. The monoisotopic (exact) mass is 137 g/mol. The average Bonchev–Trinajstić information content (AvgIpc) is 2.20. The Morgan fingerprint density at radius 3 is 2.00 bits per heavy atom. The van der Waals surface area contributed by atoms with Gasteiger partial charge in [-0.05, 0) is 42.9 Å². The van der Waals surface area contributed by atoms with Crippen LogP contribution in [-0.4, -0.2) is 0 Å². The van der Waals surface area contributed by atoms with Crippen LogP contribution < -0.4 is 0 Å². The lowest BCUT2D eigenvalue weighted by molar-refractivity contribution is 0.157. The van der Waals surface area contributed by atoms with E-state index in [4.69, 9.17) is 0 Å². The second kappa shape index (κ2) is 1.78. The third-order valence-electron chi connectivity index (χ3n) is 4.10. The summed E-state index contributed by atoms with van der Waals surface area (Å²) in [6, 6.07) is 0. The van der Waals surface area contributed by atoms with Gasteiger partial charge in [0, 0.05) is 0 Å². The van der Waals surface area contributed by atoms with Crippen molar-refractivity contribution in [1.82, 2.24) is 0 Å². The average molecular weight is 137 g/mol. The van der Waals surface area contributed by atoms with E-state index in [0.717, 1.165) is 0 Å². The molecule has 0 aromatic carbocycles. The van der Waals surface area contributed by atoms with E-state index in [1.165, 1.54) is 32.1 Å². The molecule has 2 saturated carbocycles. The van der Waals surface area contributed by atoms with Gasteiger partial charge in [-0.3, -0.25) is 0 Å². The Balaban J connectivity index is 2.30. The van der Waals surface area contributed by atoms with Crippen molar-refractivity contribution in [3.63, 3.8) is 0 Å². The van der Waals surface area contributed by atoms with Crippen LogP contribution in [0.15, 0.2) is 0 Å². The normalized spacial score (nSPS) is 53.4. The molecule has 2 rings (SSSR count). The lowest BCUT2D eigenvalue weighted by Gasteiger charge is -2.34. The first kappa shape index (κ1) is 6.69. The third-order valence-corrected chi connectivity index (χ3v) is 4.10. The van der Waals surface area contributed by atoms with E-state index in [-0.39, 0.29) is 0 Å². The predicted octanol–water partition coefficient (Wildman–Crippen LogP) is 3.18. The van der Waals surface area contributed by atoms with Gasteiger partial charge in [-0.1, -0.05) is 20.3 Å². The van der Waals surface area contributed by atoms with Gasteiger partial charge < -0.3 is 0 Å². The van der Waals surface area contributed by atoms with E-state index in [1.54, 1.807) is 0 Å². The number of hydrogen-bond donors (Lipinski definition) is 0. The molecule has 0 heterocycles. The Hall–Kier alpha value is 0. The van der Waals surface area contributed by atoms with Crippen molar-refractivity contribution in [3.05, 3.63) is 6.42 Å². The Bertz CT molecular complexity index is 120. The van der Waals surface area contributed by atoms with Crippen molar-refractivity contribution in [3.8, 4) is 0 Å². The highest BCUT2D eigenvalue weighted by atomic mass is 14.6. The van der Waals surface area contributed by atoms with Crippen molar-refractivity contribution in [2.75, 3.05) is 0 Å². The van der Waals surface area contributed by atoms with E-state index in [2.05, 4.69) is 20.3 Å². The maximum absolute atomic E-state index is 2.50. The molecule has 2 aliphatic carbocycles.